The van der Waals surface area contributed by atoms with Crippen LogP contribution < -0.4 is 0 Å². The molecule has 0 N–H and O–H groups in total. The Kier molecular flexibility index (Phi) is 2.97. The summed E-state index contributed by atoms with van der Waals surface area (Å²) < 4.78 is 12.9. The molecule has 3 aromatic rings. The molecule has 0 atom stereocenters. The van der Waals surface area contributed by atoms with Gasteiger partial charge in [0.15, 0.2) is 0 Å². The lowest BCUT2D eigenvalue weighted by atomic mass is 10.2. The van der Waals surface area contributed by atoms with Crippen molar-refractivity contribution in [3.63, 3.8) is 0 Å². The molecule has 0 aliphatic carbocycles. The van der Waals surface area contributed by atoms with Crippen LogP contribution >= 0.6 is 22.7 Å². The Morgan fingerprint density at radius 3 is 2.39 bits per heavy atom. The van der Waals surface area contributed by atoms with Crippen molar-refractivity contribution in [1.82, 2.24) is 4.98 Å². The molecule has 0 aliphatic heterocycles. The molecule has 0 spiro atoms. The SMILES string of the molecule is Cc1ccc(-c2cnc(-c3ccc(F)cc3)s2)s1. The van der Waals surface area contributed by atoms with Crippen LogP contribution in [0.4, 0.5) is 4.39 Å². The molecule has 0 aliphatic rings. The topological polar surface area (TPSA) is 12.9 Å². The van der Waals surface area contributed by atoms with E-state index in [1.165, 1.54) is 21.9 Å². The lowest BCUT2D eigenvalue weighted by Gasteiger charge is -1.94. The molecule has 90 valence electrons. The van der Waals surface area contributed by atoms with Gasteiger partial charge < -0.3 is 0 Å². The third kappa shape index (κ3) is 2.21. The fourth-order valence-corrected chi connectivity index (χ4v) is 3.54. The highest BCUT2D eigenvalue weighted by atomic mass is 32.1. The number of halogens is 1. The lowest BCUT2D eigenvalue weighted by molar-refractivity contribution is 0.628. The highest BCUT2D eigenvalue weighted by Gasteiger charge is 2.08. The van der Waals surface area contributed by atoms with Gasteiger partial charge in [0, 0.05) is 21.5 Å². The minimum Gasteiger partial charge on any atom is -0.244 e. The van der Waals surface area contributed by atoms with Gasteiger partial charge in [-0.2, -0.15) is 0 Å². The summed E-state index contributed by atoms with van der Waals surface area (Å²) in [6.45, 7) is 2.09. The average Bonchev–Trinajstić information content (AvgIpc) is 2.98. The first-order valence-corrected chi connectivity index (χ1v) is 7.14. The van der Waals surface area contributed by atoms with Crippen LogP contribution in [-0.2, 0) is 0 Å². The smallest absolute Gasteiger partial charge is 0.123 e. The second-order valence-corrected chi connectivity index (χ2v) is 6.27. The Balaban J connectivity index is 1.96. The summed E-state index contributed by atoms with van der Waals surface area (Å²) in [5.74, 6) is -0.218. The van der Waals surface area contributed by atoms with E-state index in [1.807, 2.05) is 6.20 Å². The normalized spacial score (nSPS) is 10.8. The van der Waals surface area contributed by atoms with Crippen molar-refractivity contribution in [1.29, 1.82) is 0 Å². The zero-order valence-corrected chi connectivity index (χ0v) is 11.3. The van der Waals surface area contributed by atoms with Crippen LogP contribution in [0, 0.1) is 12.7 Å². The zero-order chi connectivity index (χ0) is 12.5. The van der Waals surface area contributed by atoms with Crippen molar-refractivity contribution >= 4 is 22.7 Å². The quantitative estimate of drug-likeness (QED) is 0.642. The molecular formula is C14H10FNS2. The molecule has 0 fully saturated rings. The summed E-state index contributed by atoms with van der Waals surface area (Å²) >= 11 is 3.40. The van der Waals surface area contributed by atoms with Gasteiger partial charge in [-0.15, -0.1) is 22.7 Å². The molecule has 2 aromatic heterocycles. The van der Waals surface area contributed by atoms with E-state index in [1.54, 1.807) is 34.8 Å². The largest absolute Gasteiger partial charge is 0.244 e. The maximum atomic E-state index is 12.9. The molecule has 0 saturated heterocycles. The molecular weight excluding hydrogens is 265 g/mol. The average molecular weight is 275 g/mol. The first kappa shape index (κ1) is 11.6. The molecule has 2 heterocycles. The van der Waals surface area contributed by atoms with Crippen LogP contribution in [0.25, 0.3) is 20.3 Å². The zero-order valence-electron chi connectivity index (χ0n) is 9.68. The second-order valence-electron chi connectivity index (χ2n) is 3.95. The van der Waals surface area contributed by atoms with Crippen LogP contribution in [-0.4, -0.2) is 4.98 Å². The summed E-state index contributed by atoms with van der Waals surface area (Å²) in [6, 6.07) is 10.7. The van der Waals surface area contributed by atoms with E-state index in [4.69, 9.17) is 0 Å². The second kappa shape index (κ2) is 4.63. The molecule has 1 aromatic carbocycles. The van der Waals surface area contributed by atoms with Crippen LogP contribution in [0.1, 0.15) is 4.88 Å². The summed E-state index contributed by atoms with van der Waals surface area (Å²) in [5, 5.41) is 0.927. The third-order valence-electron chi connectivity index (χ3n) is 2.58. The lowest BCUT2D eigenvalue weighted by Crippen LogP contribution is -1.76. The van der Waals surface area contributed by atoms with E-state index >= 15 is 0 Å². The Hall–Kier alpha value is -1.52. The van der Waals surface area contributed by atoms with Crippen LogP contribution in [0.3, 0.4) is 0 Å². The van der Waals surface area contributed by atoms with Crippen LogP contribution in [0.15, 0.2) is 42.6 Å². The highest BCUT2D eigenvalue weighted by Crippen LogP contribution is 2.35. The number of thiazole rings is 1. The summed E-state index contributed by atoms with van der Waals surface area (Å²) in [5.41, 5.74) is 0.959. The van der Waals surface area contributed by atoms with Crippen LogP contribution in [0.2, 0.25) is 0 Å². The van der Waals surface area contributed by atoms with Crippen molar-refractivity contribution in [2.75, 3.05) is 0 Å². The first-order valence-electron chi connectivity index (χ1n) is 5.51. The van der Waals surface area contributed by atoms with E-state index < -0.39 is 0 Å². The number of thiophene rings is 1. The van der Waals surface area contributed by atoms with Gasteiger partial charge in [0.1, 0.15) is 10.8 Å². The van der Waals surface area contributed by atoms with Gasteiger partial charge in [-0.25, -0.2) is 9.37 Å². The Morgan fingerprint density at radius 1 is 0.944 bits per heavy atom. The molecule has 0 unspecified atom stereocenters. The molecule has 0 bridgehead atoms. The number of rotatable bonds is 2. The number of nitrogens with zero attached hydrogens (tertiary/aromatic N) is 1. The van der Waals surface area contributed by atoms with Gasteiger partial charge in [-0.1, -0.05) is 0 Å². The van der Waals surface area contributed by atoms with E-state index in [0.29, 0.717) is 0 Å². The van der Waals surface area contributed by atoms with Crippen molar-refractivity contribution < 1.29 is 4.39 Å². The van der Waals surface area contributed by atoms with E-state index in [2.05, 4.69) is 24.0 Å². The first-order chi connectivity index (χ1) is 8.72. The molecule has 18 heavy (non-hydrogen) atoms. The molecule has 0 amide bonds. The van der Waals surface area contributed by atoms with E-state index in [0.717, 1.165) is 15.4 Å². The fraction of sp³-hybridized carbons (Fsp3) is 0.0714. The van der Waals surface area contributed by atoms with Gasteiger partial charge in [0.2, 0.25) is 0 Å². The van der Waals surface area contributed by atoms with E-state index in [9.17, 15) is 4.39 Å². The predicted octanol–water partition coefficient (Wildman–Crippen LogP) is 4.99. The maximum absolute atomic E-state index is 12.9. The number of hydrogen-bond donors (Lipinski definition) is 0. The Labute approximate surface area is 113 Å². The molecule has 3 rings (SSSR count). The van der Waals surface area contributed by atoms with Crippen molar-refractivity contribution in [2.24, 2.45) is 0 Å². The van der Waals surface area contributed by atoms with Gasteiger partial charge in [-0.3, -0.25) is 0 Å². The molecule has 4 heteroatoms. The fourth-order valence-electron chi connectivity index (χ4n) is 1.68. The van der Waals surface area contributed by atoms with Crippen LogP contribution in [0.5, 0.6) is 0 Å². The minimum absolute atomic E-state index is 0.218. The maximum Gasteiger partial charge on any atom is 0.123 e. The highest BCUT2D eigenvalue weighted by molar-refractivity contribution is 7.23. The van der Waals surface area contributed by atoms with Gasteiger partial charge >= 0.3 is 0 Å². The third-order valence-corrected chi connectivity index (χ3v) is 4.82. The summed E-state index contributed by atoms with van der Waals surface area (Å²) in [7, 11) is 0. The Bertz CT molecular complexity index is 667. The predicted molar refractivity (Wildman–Crippen MR) is 75.6 cm³/mol. The van der Waals surface area contributed by atoms with Crippen molar-refractivity contribution in [3.8, 4) is 20.3 Å². The number of aromatic nitrogens is 1. The number of benzene rings is 1. The standard InChI is InChI=1S/C14H10FNS2/c1-9-2-7-12(17-9)13-8-16-14(18-13)10-3-5-11(15)6-4-10/h2-8H,1H3. The molecule has 0 saturated carbocycles. The van der Waals surface area contributed by atoms with Crippen molar-refractivity contribution in [3.05, 3.63) is 53.3 Å². The monoisotopic (exact) mass is 275 g/mol. The van der Waals surface area contributed by atoms with Gasteiger partial charge in [0.05, 0.1) is 4.88 Å². The summed E-state index contributed by atoms with van der Waals surface area (Å²) in [4.78, 5) is 8.09. The Morgan fingerprint density at radius 2 is 1.72 bits per heavy atom. The molecule has 0 radical (unpaired) electrons. The van der Waals surface area contributed by atoms with Gasteiger partial charge in [0.25, 0.3) is 0 Å². The van der Waals surface area contributed by atoms with Gasteiger partial charge in [-0.05, 0) is 43.3 Å². The minimum atomic E-state index is -0.218. The summed E-state index contributed by atoms with van der Waals surface area (Å²) in [6.07, 6.45) is 1.88. The van der Waals surface area contributed by atoms with Crippen molar-refractivity contribution in [2.45, 2.75) is 6.92 Å². The molecule has 1 nitrogen and oxygen atoms in total. The number of hydrogen-bond acceptors (Lipinski definition) is 3. The van der Waals surface area contributed by atoms with E-state index in [-0.39, 0.29) is 5.82 Å². The number of aryl methyl sites for hydroxylation is 1.